The van der Waals surface area contributed by atoms with Crippen LogP contribution in [0.2, 0.25) is 0 Å². The molecule has 4 nitrogen and oxygen atoms in total. The second-order valence-corrected chi connectivity index (χ2v) is 5.37. The van der Waals surface area contributed by atoms with Crippen LogP contribution in [0.25, 0.3) is 0 Å². The predicted octanol–water partition coefficient (Wildman–Crippen LogP) is 2.93. The molecule has 0 aliphatic carbocycles. The standard InChI is InChI=1S/C13H14F3N3OS/c1-17-11(9-5-3-2-4-6-9)12-19-18-10(21-12)7-20-8-13(14,15)16/h2-6,11,17H,7-8H2,1H3. The molecule has 0 saturated heterocycles. The van der Waals surface area contributed by atoms with Gasteiger partial charge in [0.15, 0.2) is 0 Å². The molecule has 1 unspecified atom stereocenters. The van der Waals surface area contributed by atoms with Crippen LogP contribution < -0.4 is 5.32 Å². The van der Waals surface area contributed by atoms with Crippen LogP contribution in [0.1, 0.15) is 21.6 Å². The summed E-state index contributed by atoms with van der Waals surface area (Å²) in [5, 5.41) is 12.1. The van der Waals surface area contributed by atoms with Crippen LogP contribution in [-0.2, 0) is 11.3 Å². The molecule has 0 spiro atoms. The largest absolute Gasteiger partial charge is 0.411 e. The lowest BCUT2D eigenvalue weighted by Crippen LogP contribution is -2.17. The number of benzene rings is 1. The number of rotatable bonds is 6. The van der Waals surface area contributed by atoms with E-state index in [1.54, 1.807) is 7.05 Å². The van der Waals surface area contributed by atoms with Crippen LogP contribution in [-0.4, -0.2) is 30.0 Å². The van der Waals surface area contributed by atoms with Gasteiger partial charge in [0.25, 0.3) is 0 Å². The average molecular weight is 317 g/mol. The summed E-state index contributed by atoms with van der Waals surface area (Å²) < 4.78 is 40.6. The molecule has 0 bridgehead atoms. The zero-order valence-corrected chi connectivity index (χ0v) is 12.0. The predicted molar refractivity (Wildman–Crippen MR) is 73.0 cm³/mol. The van der Waals surface area contributed by atoms with Gasteiger partial charge in [0, 0.05) is 0 Å². The first-order valence-corrected chi connectivity index (χ1v) is 7.00. The van der Waals surface area contributed by atoms with Gasteiger partial charge in [-0.25, -0.2) is 0 Å². The molecule has 1 heterocycles. The molecule has 0 amide bonds. The first-order chi connectivity index (χ1) is 9.99. The highest BCUT2D eigenvalue weighted by atomic mass is 32.1. The van der Waals surface area contributed by atoms with Gasteiger partial charge >= 0.3 is 6.18 Å². The summed E-state index contributed by atoms with van der Waals surface area (Å²) in [5.41, 5.74) is 1.01. The van der Waals surface area contributed by atoms with Crippen LogP contribution >= 0.6 is 11.3 Å². The Hall–Kier alpha value is -1.51. The van der Waals surface area contributed by atoms with Crippen LogP contribution in [0.3, 0.4) is 0 Å². The number of hydrogen-bond donors (Lipinski definition) is 1. The molecule has 21 heavy (non-hydrogen) atoms. The lowest BCUT2D eigenvalue weighted by atomic mass is 10.1. The van der Waals surface area contributed by atoms with E-state index in [0.29, 0.717) is 10.0 Å². The van der Waals surface area contributed by atoms with E-state index < -0.39 is 12.8 Å². The van der Waals surface area contributed by atoms with Crippen LogP contribution in [0, 0.1) is 0 Å². The highest BCUT2D eigenvalue weighted by Crippen LogP contribution is 2.25. The molecule has 2 rings (SSSR count). The summed E-state index contributed by atoms with van der Waals surface area (Å²) in [4.78, 5) is 0. The third-order valence-electron chi connectivity index (χ3n) is 2.64. The molecule has 0 fully saturated rings. The van der Waals surface area contributed by atoms with Gasteiger partial charge in [0.2, 0.25) is 0 Å². The number of halogens is 3. The topological polar surface area (TPSA) is 47.0 Å². The van der Waals surface area contributed by atoms with E-state index in [2.05, 4.69) is 20.3 Å². The van der Waals surface area contributed by atoms with Gasteiger partial charge < -0.3 is 10.1 Å². The molecule has 2 aromatic rings. The molecule has 1 atom stereocenters. The average Bonchev–Trinajstić information content (AvgIpc) is 2.88. The van der Waals surface area contributed by atoms with Gasteiger partial charge in [0.05, 0.1) is 6.04 Å². The highest BCUT2D eigenvalue weighted by Gasteiger charge is 2.27. The molecular weight excluding hydrogens is 303 g/mol. The normalized spacial score (nSPS) is 13.3. The van der Waals surface area contributed by atoms with Crippen molar-refractivity contribution in [2.75, 3.05) is 13.7 Å². The van der Waals surface area contributed by atoms with Crippen molar-refractivity contribution in [3.05, 3.63) is 45.9 Å². The van der Waals surface area contributed by atoms with Crippen molar-refractivity contribution >= 4 is 11.3 Å². The molecule has 0 radical (unpaired) electrons. The Labute approximate surface area is 124 Å². The lowest BCUT2D eigenvalue weighted by Gasteiger charge is -2.12. The number of aromatic nitrogens is 2. The Balaban J connectivity index is 2.01. The molecular formula is C13H14F3N3OS. The summed E-state index contributed by atoms with van der Waals surface area (Å²) in [5.74, 6) is 0. The van der Waals surface area contributed by atoms with E-state index in [0.717, 1.165) is 5.56 Å². The molecule has 0 saturated carbocycles. The van der Waals surface area contributed by atoms with Crippen molar-refractivity contribution < 1.29 is 17.9 Å². The van der Waals surface area contributed by atoms with E-state index in [-0.39, 0.29) is 12.6 Å². The maximum atomic E-state index is 12.0. The second-order valence-electron chi connectivity index (χ2n) is 4.27. The fourth-order valence-corrected chi connectivity index (χ4v) is 2.69. The first-order valence-electron chi connectivity index (χ1n) is 6.18. The zero-order chi connectivity index (χ0) is 15.3. The van der Waals surface area contributed by atoms with Crippen molar-refractivity contribution in [1.29, 1.82) is 0 Å². The second kappa shape index (κ2) is 6.97. The molecule has 1 aromatic heterocycles. The molecule has 0 aliphatic heterocycles. The third-order valence-corrected chi connectivity index (χ3v) is 3.60. The summed E-state index contributed by atoms with van der Waals surface area (Å²) in [7, 11) is 1.79. The smallest absolute Gasteiger partial charge is 0.365 e. The molecule has 0 aliphatic rings. The number of hydrogen-bond acceptors (Lipinski definition) is 5. The number of alkyl halides is 3. The minimum absolute atomic E-state index is 0.139. The fourth-order valence-electron chi connectivity index (χ4n) is 1.77. The monoisotopic (exact) mass is 317 g/mol. The molecule has 114 valence electrons. The number of nitrogens with zero attached hydrogens (tertiary/aromatic N) is 2. The van der Waals surface area contributed by atoms with E-state index >= 15 is 0 Å². The van der Waals surface area contributed by atoms with Crippen LogP contribution in [0.5, 0.6) is 0 Å². The van der Waals surface area contributed by atoms with Crippen LogP contribution in [0.4, 0.5) is 13.2 Å². The lowest BCUT2D eigenvalue weighted by molar-refractivity contribution is -0.176. The van der Waals surface area contributed by atoms with Gasteiger partial charge in [-0.2, -0.15) is 13.2 Å². The van der Waals surface area contributed by atoms with Crippen molar-refractivity contribution in [1.82, 2.24) is 15.5 Å². The summed E-state index contributed by atoms with van der Waals surface area (Å²) in [6.45, 7) is -1.47. The van der Waals surface area contributed by atoms with Crippen molar-refractivity contribution in [2.45, 2.75) is 18.8 Å². The Morgan fingerprint density at radius 2 is 1.95 bits per heavy atom. The summed E-state index contributed by atoms with van der Waals surface area (Å²) >= 11 is 1.23. The van der Waals surface area contributed by atoms with E-state index in [1.807, 2.05) is 30.3 Å². The molecule has 1 aromatic carbocycles. The summed E-state index contributed by atoms with van der Waals surface area (Å²) in [6.07, 6.45) is -4.33. The van der Waals surface area contributed by atoms with Crippen LogP contribution in [0.15, 0.2) is 30.3 Å². The van der Waals surface area contributed by atoms with Crippen molar-refractivity contribution in [3.63, 3.8) is 0 Å². The highest BCUT2D eigenvalue weighted by molar-refractivity contribution is 7.11. The fraction of sp³-hybridized carbons (Fsp3) is 0.385. The molecule has 1 N–H and O–H groups in total. The minimum atomic E-state index is -4.33. The third kappa shape index (κ3) is 4.76. The Kier molecular flexibility index (Phi) is 5.27. The van der Waals surface area contributed by atoms with Gasteiger partial charge in [-0.15, -0.1) is 10.2 Å². The van der Waals surface area contributed by atoms with Gasteiger partial charge in [-0.05, 0) is 12.6 Å². The number of ether oxygens (including phenoxy) is 1. The minimum Gasteiger partial charge on any atom is -0.365 e. The maximum absolute atomic E-state index is 12.0. The molecule has 8 heteroatoms. The first kappa shape index (κ1) is 15.9. The van der Waals surface area contributed by atoms with Crippen molar-refractivity contribution in [2.24, 2.45) is 0 Å². The van der Waals surface area contributed by atoms with Gasteiger partial charge in [-0.3, -0.25) is 0 Å². The zero-order valence-electron chi connectivity index (χ0n) is 11.2. The Morgan fingerprint density at radius 3 is 2.57 bits per heavy atom. The SMILES string of the molecule is CNC(c1ccccc1)c1nnc(COCC(F)(F)F)s1. The van der Waals surface area contributed by atoms with Gasteiger partial charge in [0.1, 0.15) is 23.2 Å². The maximum Gasteiger partial charge on any atom is 0.411 e. The Morgan fingerprint density at radius 1 is 1.24 bits per heavy atom. The number of nitrogens with one attached hydrogen (secondary N) is 1. The summed E-state index contributed by atoms with van der Waals surface area (Å²) in [6, 6.07) is 9.49. The van der Waals surface area contributed by atoms with Crippen molar-refractivity contribution in [3.8, 4) is 0 Å². The quantitative estimate of drug-likeness (QED) is 0.890. The van der Waals surface area contributed by atoms with E-state index in [4.69, 9.17) is 0 Å². The Bertz CT molecular complexity index is 559. The van der Waals surface area contributed by atoms with Gasteiger partial charge in [-0.1, -0.05) is 41.7 Å². The van der Waals surface area contributed by atoms with E-state index in [9.17, 15) is 13.2 Å². The van der Waals surface area contributed by atoms with E-state index in [1.165, 1.54) is 11.3 Å².